The zero-order chi connectivity index (χ0) is 18.7. The van der Waals surface area contributed by atoms with Crippen molar-refractivity contribution < 1.29 is 10.2 Å². The summed E-state index contributed by atoms with van der Waals surface area (Å²) in [7, 11) is 0. The van der Waals surface area contributed by atoms with Crippen molar-refractivity contribution in [3.63, 3.8) is 0 Å². The van der Waals surface area contributed by atoms with Crippen LogP contribution in [0.5, 0.6) is 11.5 Å². The van der Waals surface area contributed by atoms with Crippen LogP contribution in [0.25, 0.3) is 0 Å². The molecule has 2 aromatic carbocycles. The topological polar surface area (TPSA) is 83.5 Å². The Hall–Kier alpha value is -2.03. The number of aryl methyl sites for hydroxylation is 1. The Kier molecular flexibility index (Phi) is 5.85. The lowest BCUT2D eigenvalue weighted by Crippen LogP contribution is -1.97. The van der Waals surface area contributed by atoms with Crippen molar-refractivity contribution in [3.8, 4) is 11.5 Å². The van der Waals surface area contributed by atoms with Gasteiger partial charge in [0.05, 0.1) is 10.7 Å². The monoisotopic (exact) mass is 452 g/mol. The minimum Gasteiger partial charge on any atom is -0.507 e. The van der Waals surface area contributed by atoms with E-state index in [0.717, 1.165) is 5.56 Å². The first-order valence-corrected chi connectivity index (χ1v) is 9.65. The van der Waals surface area contributed by atoms with Crippen molar-refractivity contribution in [2.75, 3.05) is 0 Å². The molecule has 0 aliphatic carbocycles. The van der Waals surface area contributed by atoms with E-state index >= 15 is 0 Å². The summed E-state index contributed by atoms with van der Waals surface area (Å²) in [6.07, 6.45) is 1.49. The molecule has 0 spiro atoms. The predicted molar refractivity (Wildman–Crippen MR) is 106 cm³/mol. The number of aromatic hydroxyl groups is 2. The molecule has 0 radical (unpaired) electrons. The molecule has 9 heteroatoms. The molecular formula is C17H14BrClN4O2S. The number of phenolic OH excluding ortho intramolecular Hbond substituents is 2. The minimum absolute atomic E-state index is 0.0423. The average Bonchev–Trinajstić information content (AvgIpc) is 2.96. The Morgan fingerprint density at radius 3 is 2.65 bits per heavy atom. The van der Waals surface area contributed by atoms with Crippen LogP contribution in [0.2, 0.25) is 5.02 Å². The minimum atomic E-state index is -0.0736. The first-order valence-electron chi connectivity index (χ1n) is 7.49. The number of hydrogen-bond acceptors (Lipinski definition) is 6. The van der Waals surface area contributed by atoms with Crippen molar-refractivity contribution in [3.05, 3.63) is 62.8 Å². The first-order chi connectivity index (χ1) is 12.4. The highest BCUT2D eigenvalue weighted by molar-refractivity contribution is 9.10. The van der Waals surface area contributed by atoms with E-state index in [1.807, 2.05) is 24.3 Å². The van der Waals surface area contributed by atoms with E-state index in [0.29, 0.717) is 31.8 Å². The first kappa shape index (κ1) is 18.8. The molecule has 0 fully saturated rings. The number of rotatable bonds is 5. The second-order valence-corrected chi connectivity index (χ2v) is 7.60. The second kappa shape index (κ2) is 8.11. The lowest BCUT2D eigenvalue weighted by Gasteiger charge is -2.04. The standard InChI is InChI=1S/C17H14BrClN4O2S/c1-10-21-22-17(26-9-11-2-4-13(19)5-3-11)23(10)20-8-12-6-14(18)16(25)7-15(12)24/h2-8,24-25H,9H2,1H3/b20-8+. The molecule has 0 aliphatic rings. The van der Waals surface area contributed by atoms with Crippen molar-refractivity contribution in [2.24, 2.45) is 5.10 Å². The zero-order valence-electron chi connectivity index (χ0n) is 13.6. The van der Waals surface area contributed by atoms with E-state index < -0.39 is 0 Å². The third-order valence-electron chi connectivity index (χ3n) is 3.46. The van der Waals surface area contributed by atoms with Gasteiger partial charge < -0.3 is 10.2 Å². The van der Waals surface area contributed by atoms with E-state index in [1.54, 1.807) is 17.7 Å². The number of hydrogen-bond donors (Lipinski definition) is 2. The molecule has 2 N–H and O–H groups in total. The molecule has 3 aromatic rings. The highest BCUT2D eigenvalue weighted by Gasteiger charge is 2.10. The van der Waals surface area contributed by atoms with Crippen molar-refractivity contribution in [1.29, 1.82) is 0 Å². The van der Waals surface area contributed by atoms with Gasteiger partial charge in [0.1, 0.15) is 11.5 Å². The highest BCUT2D eigenvalue weighted by Crippen LogP contribution is 2.30. The summed E-state index contributed by atoms with van der Waals surface area (Å²) in [5.74, 6) is 1.20. The van der Waals surface area contributed by atoms with Gasteiger partial charge in [0.2, 0.25) is 5.16 Å². The van der Waals surface area contributed by atoms with E-state index in [4.69, 9.17) is 11.6 Å². The maximum absolute atomic E-state index is 9.93. The summed E-state index contributed by atoms with van der Waals surface area (Å²) in [5, 5.41) is 33.4. The van der Waals surface area contributed by atoms with E-state index in [-0.39, 0.29) is 11.5 Å². The van der Waals surface area contributed by atoms with Crippen LogP contribution in [-0.2, 0) is 5.75 Å². The van der Waals surface area contributed by atoms with Gasteiger partial charge in [-0.05, 0) is 46.6 Å². The van der Waals surface area contributed by atoms with Gasteiger partial charge in [0.25, 0.3) is 0 Å². The lowest BCUT2D eigenvalue weighted by molar-refractivity contribution is 0.448. The van der Waals surface area contributed by atoms with Crippen LogP contribution in [0.4, 0.5) is 0 Å². The van der Waals surface area contributed by atoms with Crippen LogP contribution >= 0.6 is 39.3 Å². The molecule has 26 heavy (non-hydrogen) atoms. The number of phenols is 2. The molecule has 0 bridgehead atoms. The maximum atomic E-state index is 9.93. The summed E-state index contributed by atoms with van der Waals surface area (Å²) in [6.45, 7) is 1.79. The number of thioether (sulfide) groups is 1. The van der Waals surface area contributed by atoms with Crippen molar-refractivity contribution in [1.82, 2.24) is 14.9 Å². The fourth-order valence-electron chi connectivity index (χ4n) is 2.08. The van der Waals surface area contributed by atoms with Crippen molar-refractivity contribution in [2.45, 2.75) is 17.8 Å². The summed E-state index contributed by atoms with van der Waals surface area (Å²) in [6, 6.07) is 10.4. The maximum Gasteiger partial charge on any atom is 0.212 e. The lowest BCUT2D eigenvalue weighted by atomic mass is 10.2. The van der Waals surface area contributed by atoms with Crippen LogP contribution < -0.4 is 0 Å². The van der Waals surface area contributed by atoms with E-state index in [9.17, 15) is 10.2 Å². The van der Waals surface area contributed by atoms with Gasteiger partial charge in [-0.1, -0.05) is 35.5 Å². The Balaban J connectivity index is 1.79. The number of nitrogens with zero attached hydrogens (tertiary/aromatic N) is 4. The summed E-state index contributed by atoms with van der Waals surface area (Å²) in [5.41, 5.74) is 1.56. The molecule has 3 rings (SSSR count). The zero-order valence-corrected chi connectivity index (χ0v) is 16.8. The summed E-state index contributed by atoms with van der Waals surface area (Å²) < 4.78 is 2.07. The molecule has 1 aromatic heterocycles. The molecule has 134 valence electrons. The van der Waals surface area contributed by atoms with Crippen molar-refractivity contribution >= 4 is 45.5 Å². The third-order valence-corrected chi connectivity index (χ3v) is 5.34. The fraction of sp³-hybridized carbons (Fsp3) is 0.118. The smallest absolute Gasteiger partial charge is 0.212 e. The van der Waals surface area contributed by atoms with Crippen LogP contribution in [0.1, 0.15) is 17.0 Å². The number of aromatic nitrogens is 3. The molecule has 0 amide bonds. The van der Waals surface area contributed by atoms with Gasteiger partial charge in [-0.25, -0.2) is 0 Å². The molecule has 0 aliphatic heterocycles. The van der Waals surface area contributed by atoms with Gasteiger partial charge in [-0.3, -0.25) is 0 Å². The molecule has 0 saturated carbocycles. The van der Waals surface area contributed by atoms with Gasteiger partial charge in [0.15, 0.2) is 5.82 Å². The molecular weight excluding hydrogens is 440 g/mol. The third kappa shape index (κ3) is 4.38. The predicted octanol–water partition coefficient (Wildman–Crippen LogP) is 4.59. The van der Waals surface area contributed by atoms with E-state index in [1.165, 1.54) is 24.0 Å². The summed E-state index contributed by atoms with van der Waals surface area (Å²) >= 11 is 10.6. The highest BCUT2D eigenvalue weighted by atomic mass is 79.9. The SMILES string of the molecule is Cc1nnc(SCc2ccc(Cl)cc2)n1/N=C/c1cc(Br)c(O)cc1O. The molecule has 6 nitrogen and oxygen atoms in total. The van der Waals surface area contributed by atoms with Gasteiger partial charge in [-0.15, -0.1) is 10.2 Å². The quantitative estimate of drug-likeness (QED) is 0.436. The molecule has 1 heterocycles. The normalized spacial score (nSPS) is 11.3. The molecule has 0 atom stereocenters. The van der Waals surface area contributed by atoms with Crippen LogP contribution in [0.15, 0.2) is 51.1 Å². The molecule has 0 unspecified atom stereocenters. The van der Waals surface area contributed by atoms with Crippen LogP contribution in [0.3, 0.4) is 0 Å². The Bertz CT molecular complexity index is 960. The second-order valence-electron chi connectivity index (χ2n) is 5.36. The number of halogens is 2. The largest absolute Gasteiger partial charge is 0.507 e. The Morgan fingerprint density at radius 2 is 1.92 bits per heavy atom. The van der Waals surface area contributed by atoms with E-state index in [2.05, 4.69) is 31.2 Å². The summed E-state index contributed by atoms with van der Waals surface area (Å²) in [4.78, 5) is 0. The van der Waals surface area contributed by atoms with Crippen LogP contribution in [0, 0.1) is 6.92 Å². The Morgan fingerprint density at radius 1 is 1.19 bits per heavy atom. The van der Waals surface area contributed by atoms with Gasteiger partial charge >= 0.3 is 0 Å². The van der Waals surface area contributed by atoms with Gasteiger partial charge in [0, 0.05) is 22.4 Å². The number of benzene rings is 2. The Labute approximate surface area is 167 Å². The van der Waals surface area contributed by atoms with Gasteiger partial charge in [-0.2, -0.15) is 9.78 Å². The molecule has 0 saturated heterocycles. The fourth-order valence-corrected chi connectivity index (χ4v) is 3.45. The average molecular weight is 454 g/mol. The van der Waals surface area contributed by atoms with Crippen LogP contribution in [-0.4, -0.2) is 31.3 Å².